The molecule has 2 amide bonds. The van der Waals surface area contributed by atoms with Gasteiger partial charge in [-0.3, -0.25) is 14.4 Å². The van der Waals surface area contributed by atoms with Crippen molar-refractivity contribution in [1.82, 2.24) is 5.32 Å². The number of anilines is 1. The van der Waals surface area contributed by atoms with Gasteiger partial charge in [0.2, 0.25) is 0 Å². The molecule has 0 spiro atoms. The molecule has 0 aromatic heterocycles. The zero-order valence-corrected chi connectivity index (χ0v) is 24.4. The molecule has 5 rings (SSSR count). The molecular weight excluding hydrogens is 552 g/mol. The SMILES string of the molecule is Cc1ccc(C(=O)CSc2ccc(NC(=O)/C(=C/c3ccc(-c4ccccc4)cc3)NC(=O)c3ccccc3)cc2)cc1. The summed E-state index contributed by atoms with van der Waals surface area (Å²) in [6.07, 6.45) is 1.66. The summed E-state index contributed by atoms with van der Waals surface area (Å²) in [6, 6.07) is 41.4. The third-order valence-corrected chi connectivity index (χ3v) is 7.73. The first kappa shape index (κ1) is 29.3. The Hall–Kier alpha value is -5.20. The van der Waals surface area contributed by atoms with Crippen LogP contribution in [-0.2, 0) is 4.79 Å². The molecule has 0 fully saturated rings. The molecule has 0 saturated heterocycles. The number of benzene rings is 5. The maximum Gasteiger partial charge on any atom is 0.272 e. The lowest BCUT2D eigenvalue weighted by atomic mass is 10.0. The van der Waals surface area contributed by atoms with Crippen LogP contribution < -0.4 is 10.6 Å². The lowest BCUT2D eigenvalue weighted by Gasteiger charge is -2.12. The summed E-state index contributed by atoms with van der Waals surface area (Å²) in [5, 5.41) is 5.66. The topological polar surface area (TPSA) is 75.3 Å². The van der Waals surface area contributed by atoms with E-state index in [9.17, 15) is 14.4 Å². The molecule has 0 aliphatic heterocycles. The average Bonchev–Trinajstić information content (AvgIpc) is 3.05. The summed E-state index contributed by atoms with van der Waals surface area (Å²) in [6.45, 7) is 1.99. The van der Waals surface area contributed by atoms with Crippen LogP contribution >= 0.6 is 11.8 Å². The Kier molecular flexibility index (Phi) is 9.62. The Balaban J connectivity index is 1.29. The van der Waals surface area contributed by atoms with Crippen molar-refractivity contribution in [3.05, 3.63) is 161 Å². The van der Waals surface area contributed by atoms with Gasteiger partial charge in [-0.25, -0.2) is 0 Å². The van der Waals surface area contributed by atoms with Crippen molar-refractivity contribution < 1.29 is 14.4 Å². The van der Waals surface area contributed by atoms with Crippen LogP contribution in [0.25, 0.3) is 17.2 Å². The summed E-state index contributed by atoms with van der Waals surface area (Å²) < 4.78 is 0. The number of thioether (sulfide) groups is 1. The van der Waals surface area contributed by atoms with Crippen molar-refractivity contribution in [2.24, 2.45) is 0 Å². The minimum Gasteiger partial charge on any atom is -0.321 e. The minimum atomic E-state index is -0.452. The highest BCUT2D eigenvalue weighted by molar-refractivity contribution is 8.00. The van der Waals surface area contributed by atoms with Crippen molar-refractivity contribution in [1.29, 1.82) is 0 Å². The Morgan fingerprint density at radius 3 is 1.91 bits per heavy atom. The number of nitrogens with one attached hydrogen (secondary N) is 2. The molecule has 0 aliphatic carbocycles. The first-order valence-electron chi connectivity index (χ1n) is 13.8. The Morgan fingerprint density at radius 1 is 0.651 bits per heavy atom. The number of hydrogen-bond acceptors (Lipinski definition) is 4. The second kappa shape index (κ2) is 14.1. The summed E-state index contributed by atoms with van der Waals surface area (Å²) in [7, 11) is 0. The van der Waals surface area contributed by atoms with Crippen molar-refractivity contribution in [3.63, 3.8) is 0 Å². The summed E-state index contributed by atoms with van der Waals surface area (Å²) in [5.74, 6) is -0.460. The van der Waals surface area contributed by atoms with Gasteiger partial charge in [0.1, 0.15) is 5.70 Å². The van der Waals surface area contributed by atoms with Crippen LogP contribution in [0.3, 0.4) is 0 Å². The van der Waals surface area contributed by atoms with E-state index >= 15 is 0 Å². The fraction of sp³-hybridized carbons (Fsp3) is 0.0541. The maximum absolute atomic E-state index is 13.4. The summed E-state index contributed by atoms with van der Waals surface area (Å²) in [4.78, 5) is 39.8. The van der Waals surface area contributed by atoms with Crippen LogP contribution in [0.4, 0.5) is 5.69 Å². The molecule has 6 heteroatoms. The van der Waals surface area contributed by atoms with Crippen molar-refractivity contribution >= 4 is 41.1 Å². The molecule has 0 unspecified atom stereocenters. The highest BCUT2D eigenvalue weighted by Gasteiger charge is 2.15. The zero-order chi connectivity index (χ0) is 30.0. The number of aryl methyl sites for hydroxylation is 1. The molecule has 0 aliphatic rings. The number of Topliss-reactive ketones (excluding diaryl/α,β-unsaturated/α-hetero) is 1. The van der Waals surface area contributed by atoms with Gasteiger partial charge >= 0.3 is 0 Å². The molecule has 5 aromatic rings. The molecule has 5 nitrogen and oxygen atoms in total. The molecule has 43 heavy (non-hydrogen) atoms. The second-order valence-corrected chi connectivity index (χ2v) is 11.0. The van der Waals surface area contributed by atoms with Crippen LogP contribution in [0.1, 0.15) is 31.8 Å². The average molecular weight is 583 g/mol. The number of ketones is 1. The molecule has 0 atom stereocenters. The van der Waals surface area contributed by atoms with E-state index in [0.717, 1.165) is 27.1 Å². The number of hydrogen-bond donors (Lipinski definition) is 2. The van der Waals surface area contributed by atoms with Gasteiger partial charge in [0.15, 0.2) is 5.78 Å². The van der Waals surface area contributed by atoms with E-state index in [1.807, 2.05) is 104 Å². The van der Waals surface area contributed by atoms with Gasteiger partial charge in [-0.2, -0.15) is 0 Å². The maximum atomic E-state index is 13.4. The van der Waals surface area contributed by atoms with Crippen LogP contribution in [0, 0.1) is 6.92 Å². The predicted molar refractivity (Wildman–Crippen MR) is 175 cm³/mol. The van der Waals surface area contributed by atoms with Gasteiger partial charge in [-0.05, 0) is 66.1 Å². The molecule has 0 radical (unpaired) electrons. The minimum absolute atomic E-state index is 0.0584. The standard InChI is InChI=1S/C37H30N2O3S/c1-26-12-16-30(17-13-26)35(40)25-43-33-22-20-32(21-23-33)38-37(42)34(39-36(41)31-10-6-3-7-11-31)24-27-14-18-29(19-15-27)28-8-4-2-5-9-28/h2-24H,25H2,1H3,(H,38,42)(H,39,41)/b34-24-. The van der Waals surface area contributed by atoms with Gasteiger partial charge in [0, 0.05) is 21.7 Å². The Morgan fingerprint density at radius 2 is 1.26 bits per heavy atom. The predicted octanol–water partition coefficient (Wildman–Crippen LogP) is 8.05. The third kappa shape index (κ3) is 8.18. The fourth-order valence-corrected chi connectivity index (χ4v) is 5.11. The van der Waals surface area contributed by atoms with E-state index < -0.39 is 5.91 Å². The quantitative estimate of drug-likeness (QED) is 0.0993. The number of carbonyl (C=O) groups is 3. The number of amides is 2. The van der Waals surface area contributed by atoms with Crippen molar-refractivity contribution in [2.75, 3.05) is 11.1 Å². The summed E-state index contributed by atoms with van der Waals surface area (Å²) >= 11 is 1.44. The van der Waals surface area contributed by atoms with Crippen LogP contribution in [0.15, 0.2) is 144 Å². The molecule has 0 bridgehead atoms. The Bertz CT molecular complexity index is 1730. The lowest BCUT2D eigenvalue weighted by Crippen LogP contribution is -2.30. The largest absolute Gasteiger partial charge is 0.321 e. The lowest BCUT2D eigenvalue weighted by molar-refractivity contribution is -0.113. The van der Waals surface area contributed by atoms with Gasteiger partial charge < -0.3 is 10.6 Å². The van der Waals surface area contributed by atoms with Crippen LogP contribution in [-0.4, -0.2) is 23.4 Å². The molecule has 2 N–H and O–H groups in total. The summed E-state index contributed by atoms with van der Waals surface area (Å²) in [5.41, 5.74) is 5.84. The molecule has 212 valence electrons. The van der Waals surface area contributed by atoms with Gasteiger partial charge in [0.25, 0.3) is 11.8 Å². The highest BCUT2D eigenvalue weighted by atomic mass is 32.2. The molecule has 0 heterocycles. The number of rotatable bonds is 10. The van der Waals surface area contributed by atoms with Gasteiger partial charge in [0.05, 0.1) is 5.75 Å². The molecular formula is C37H30N2O3S. The third-order valence-electron chi connectivity index (χ3n) is 6.71. The van der Waals surface area contributed by atoms with E-state index in [1.54, 1.807) is 42.5 Å². The highest BCUT2D eigenvalue weighted by Crippen LogP contribution is 2.23. The molecule has 5 aromatic carbocycles. The second-order valence-electron chi connectivity index (χ2n) is 9.92. The van der Waals surface area contributed by atoms with Gasteiger partial charge in [-0.15, -0.1) is 11.8 Å². The van der Waals surface area contributed by atoms with Crippen molar-refractivity contribution in [3.8, 4) is 11.1 Å². The molecule has 0 saturated carbocycles. The fourth-order valence-electron chi connectivity index (χ4n) is 4.32. The van der Waals surface area contributed by atoms with Gasteiger partial charge in [-0.1, -0.05) is 103 Å². The normalized spacial score (nSPS) is 11.0. The van der Waals surface area contributed by atoms with Crippen LogP contribution in [0.5, 0.6) is 0 Å². The first-order chi connectivity index (χ1) is 20.9. The van der Waals surface area contributed by atoms with E-state index in [1.165, 1.54) is 11.8 Å². The Labute approximate surface area is 255 Å². The van der Waals surface area contributed by atoms with E-state index in [2.05, 4.69) is 10.6 Å². The van der Waals surface area contributed by atoms with Crippen LogP contribution in [0.2, 0.25) is 0 Å². The monoisotopic (exact) mass is 582 g/mol. The number of carbonyl (C=O) groups excluding carboxylic acids is 3. The zero-order valence-electron chi connectivity index (χ0n) is 23.6. The van der Waals surface area contributed by atoms with Crippen molar-refractivity contribution in [2.45, 2.75) is 11.8 Å². The van der Waals surface area contributed by atoms with E-state index in [0.29, 0.717) is 22.6 Å². The van der Waals surface area contributed by atoms with E-state index in [4.69, 9.17) is 0 Å². The first-order valence-corrected chi connectivity index (χ1v) is 14.8. The van der Waals surface area contributed by atoms with E-state index in [-0.39, 0.29) is 17.4 Å². The smallest absolute Gasteiger partial charge is 0.272 e.